The molecule has 0 aliphatic heterocycles. The molecule has 0 aliphatic carbocycles. The number of halogens is 3. The van der Waals surface area contributed by atoms with Crippen LogP contribution in [0.4, 0.5) is 18.9 Å². The molecule has 0 saturated heterocycles. The molecule has 0 spiro atoms. The Morgan fingerprint density at radius 1 is 1.57 bits per heavy atom. The van der Waals surface area contributed by atoms with Crippen LogP contribution in [0.15, 0.2) is 6.20 Å². The molecule has 0 amide bonds. The number of aromatic nitrogens is 1. The Hall–Kier alpha value is -1.66. The number of nitro groups is 1. The maximum atomic E-state index is 13.1. The smallest absolute Gasteiger partial charge is 0.258 e. The lowest BCUT2D eigenvalue weighted by atomic mass is 10.2. The van der Waals surface area contributed by atoms with E-state index in [-0.39, 0.29) is 5.56 Å². The van der Waals surface area contributed by atoms with Crippen molar-refractivity contribution in [3.63, 3.8) is 0 Å². The van der Waals surface area contributed by atoms with Gasteiger partial charge in [0.25, 0.3) is 6.43 Å². The monoisotopic (exact) mass is 206 g/mol. The number of hydrogen-bond donors (Lipinski definition) is 0. The van der Waals surface area contributed by atoms with Crippen molar-refractivity contribution in [2.24, 2.45) is 0 Å². The molecule has 0 radical (unpaired) electrons. The zero-order valence-electron chi connectivity index (χ0n) is 7.00. The van der Waals surface area contributed by atoms with Gasteiger partial charge in [-0.2, -0.15) is 4.39 Å². The zero-order chi connectivity index (χ0) is 10.9. The predicted molar refractivity (Wildman–Crippen MR) is 40.5 cm³/mol. The second-order valence-corrected chi connectivity index (χ2v) is 2.55. The van der Waals surface area contributed by atoms with E-state index in [1.54, 1.807) is 0 Å². The van der Waals surface area contributed by atoms with E-state index in [2.05, 4.69) is 4.98 Å². The Bertz CT molecular complexity index is 381. The summed E-state index contributed by atoms with van der Waals surface area (Å²) in [5, 5.41) is 10.3. The molecule has 0 bridgehead atoms. The van der Waals surface area contributed by atoms with Gasteiger partial charge in [0, 0.05) is 11.8 Å². The van der Waals surface area contributed by atoms with Crippen LogP contribution in [0.2, 0.25) is 0 Å². The number of rotatable bonds is 2. The molecule has 14 heavy (non-hydrogen) atoms. The minimum absolute atomic E-state index is 0.0862. The number of nitrogens with zero attached hydrogens (tertiary/aromatic N) is 2. The zero-order valence-corrected chi connectivity index (χ0v) is 7.00. The molecule has 0 N–H and O–H groups in total. The van der Waals surface area contributed by atoms with Crippen LogP contribution in [0.5, 0.6) is 0 Å². The number of alkyl halides is 2. The first-order chi connectivity index (χ1) is 6.45. The summed E-state index contributed by atoms with van der Waals surface area (Å²) in [6, 6.07) is 0. The molecule has 1 aromatic rings. The first-order valence-electron chi connectivity index (χ1n) is 3.52. The fraction of sp³-hybridized carbons (Fsp3) is 0.286. The van der Waals surface area contributed by atoms with E-state index in [1.807, 2.05) is 0 Å². The molecule has 0 aromatic carbocycles. The molecule has 1 rings (SSSR count). The Labute approximate surface area is 76.5 Å². The van der Waals surface area contributed by atoms with Crippen LogP contribution in [0.1, 0.15) is 17.7 Å². The van der Waals surface area contributed by atoms with Crippen LogP contribution in [0, 0.1) is 22.9 Å². The third kappa shape index (κ3) is 1.66. The molecule has 4 nitrogen and oxygen atoms in total. The summed E-state index contributed by atoms with van der Waals surface area (Å²) >= 11 is 0. The normalized spacial score (nSPS) is 10.6. The summed E-state index contributed by atoms with van der Waals surface area (Å²) in [5.41, 5.74) is -2.23. The van der Waals surface area contributed by atoms with Crippen LogP contribution < -0.4 is 0 Å². The van der Waals surface area contributed by atoms with E-state index < -0.39 is 28.5 Å². The lowest BCUT2D eigenvalue weighted by Gasteiger charge is -2.02. The Kier molecular flexibility index (Phi) is 2.68. The van der Waals surface area contributed by atoms with Gasteiger partial charge in [0.2, 0.25) is 5.82 Å². The van der Waals surface area contributed by atoms with Gasteiger partial charge in [-0.3, -0.25) is 15.1 Å². The van der Waals surface area contributed by atoms with Crippen molar-refractivity contribution in [2.45, 2.75) is 13.3 Å². The summed E-state index contributed by atoms with van der Waals surface area (Å²) in [5.74, 6) is -1.56. The lowest BCUT2D eigenvalue weighted by molar-refractivity contribution is -0.388. The van der Waals surface area contributed by atoms with Gasteiger partial charge in [0.15, 0.2) is 0 Å². The molecule has 0 saturated carbocycles. The molecule has 1 aromatic heterocycles. The highest BCUT2D eigenvalue weighted by Crippen LogP contribution is 2.28. The van der Waals surface area contributed by atoms with E-state index in [1.165, 1.54) is 6.92 Å². The first-order valence-corrected chi connectivity index (χ1v) is 3.52. The number of hydrogen-bond acceptors (Lipinski definition) is 3. The van der Waals surface area contributed by atoms with Crippen molar-refractivity contribution < 1.29 is 18.1 Å². The van der Waals surface area contributed by atoms with Gasteiger partial charge in [-0.1, -0.05) is 0 Å². The van der Waals surface area contributed by atoms with Gasteiger partial charge in [-0.05, 0) is 6.92 Å². The summed E-state index contributed by atoms with van der Waals surface area (Å²) < 4.78 is 37.2. The van der Waals surface area contributed by atoms with E-state index in [0.29, 0.717) is 0 Å². The van der Waals surface area contributed by atoms with Crippen LogP contribution >= 0.6 is 0 Å². The fourth-order valence-corrected chi connectivity index (χ4v) is 0.955. The summed E-state index contributed by atoms with van der Waals surface area (Å²) in [7, 11) is 0. The van der Waals surface area contributed by atoms with Crippen molar-refractivity contribution in [2.75, 3.05) is 0 Å². The van der Waals surface area contributed by atoms with Gasteiger partial charge in [0.05, 0.1) is 4.92 Å². The second kappa shape index (κ2) is 3.60. The van der Waals surface area contributed by atoms with Gasteiger partial charge in [-0.15, -0.1) is 0 Å². The fourth-order valence-electron chi connectivity index (χ4n) is 0.955. The maximum absolute atomic E-state index is 13.1. The minimum Gasteiger partial charge on any atom is -0.258 e. The molecular weight excluding hydrogens is 201 g/mol. The second-order valence-electron chi connectivity index (χ2n) is 2.55. The molecule has 1 heterocycles. The molecule has 0 fully saturated rings. The molecule has 0 unspecified atom stereocenters. The quantitative estimate of drug-likeness (QED) is 0.551. The van der Waals surface area contributed by atoms with Crippen molar-refractivity contribution in [1.82, 2.24) is 4.98 Å². The average molecular weight is 206 g/mol. The molecule has 7 heteroatoms. The van der Waals surface area contributed by atoms with Crippen LogP contribution in [-0.4, -0.2) is 9.91 Å². The van der Waals surface area contributed by atoms with Crippen LogP contribution in [0.25, 0.3) is 0 Å². The largest absolute Gasteiger partial charge is 0.311 e. The standard InChI is InChI=1S/C7H5F3N2O2/c1-3-2-11-5(7(9)10)4(8)6(3)12(13)14/h2,7H,1H3. The van der Waals surface area contributed by atoms with Crippen LogP contribution in [-0.2, 0) is 0 Å². The highest BCUT2D eigenvalue weighted by Gasteiger charge is 2.26. The van der Waals surface area contributed by atoms with E-state index >= 15 is 0 Å². The summed E-state index contributed by atoms with van der Waals surface area (Å²) in [6.07, 6.45) is -2.31. The van der Waals surface area contributed by atoms with Gasteiger partial charge in [0.1, 0.15) is 5.69 Å². The predicted octanol–water partition coefficient (Wildman–Crippen LogP) is 2.37. The van der Waals surface area contributed by atoms with E-state index in [4.69, 9.17) is 0 Å². The topological polar surface area (TPSA) is 56.0 Å². The van der Waals surface area contributed by atoms with E-state index in [0.717, 1.165) is 6.20 Å². The Morgan fingerprint density at radius 2 is 2.14 bits per heavy atom. The highest BCUT2D eigenvalue weighted by molar-refractivity contribution is 5.40. The number of pyridine rings is 1. The third-order valence-corrected chi connectivity index (χ3v) is 1.59. The molecule has 76 valence electrons. The highest BCUT2D eigenvalue weighted by atomic mass is 19.3. The SMILES string of the molecule is Cc1cnc(C(F)F)c(F)c1[N+](=O)[O-]. The van der Waals surface area contributed by atoms with Crippen molar-refractivity contribution in [3.8, 4) is 0 Å². The minimum atomic E-state index is -3.16. The lowest BCUT2D eigenvalue weighted by Crippen LogP contribution is -2.03. The van der Waals surface area contributed by atoms with Crippen molar-refractivity contribution >= 4 is 5.69 Å². The first kappa shape index (κ1) is 10.4. The maximum Gasteiger partial charge on any atom is 0.311 e. The molecule has 0 atom stereocenters. The third-order valence-electron chi connectivity index (χ3n) is 1.59. The van der Waals surface area contributed by atoms with Gasteiger partial charge in [-0.25, -0.2) is 8.78 Å². The van der Waals surface area contributed by atoms with Crippen LogP contribution in [0.3, 0.4) is 0 Å². The average Bonchev–Trinajstić information content (AvgIpc) is 2.02. The summed E-state index contributed by atoms with van der Waals surface area (Å²) in [4.78, 5) is 12.4. The van der Waals surface area contributed by atoms with Crippen molar-refractivity contribution in [3.05, 3.63) is 33.4 Å². The Balaban J connectivity index is 3.41. The Morgan fingerprint density at radius 3 is 2.57 bits per heavy atom. The molecule has 0 aliphatic rings. The van der Waals surface area contributed by atoms with E-state index in [9.17, 15) is 23.3 Å². The summed E-state index contributed by atoms with van der Waals surface area (Å²) in [6.45, 7) is 1.23. The number of aryl methyl sites for hydroxylation is 1. The molecular formula is C7H5F3N2O2. The van der Waals surface area contributed by atoms with Crippen molar-refractivity contribution in [1.29, 1.82) is 0 Å². The van der Waals surface area contributed by atoms with Gasteiger partial charge >= 0.3 is 5.69 Å². The van der Waals surface area contributed by atoms with Gasteiger partial charge < -0.3 is 0 Å².